The first-order valence-corrected chi connectivity index (χ1v) is 10.7. The van der Waals surface area contributed by atoms with Gasteiger partial charge in [0, 0.05) is 51.0 Å². The van der Waals surface area contributed by atoms with Crippen LogP contribution in [0.25, 0.3) is 0 Å². The number of carbonyl (C=O) groups is 4. The summed E-state index contributed by atoms with van der Waals surface area (Å²) >= 11 is 0. The Labute approximate surface area is 184 Å². The molecule has 2 N–H and O–H groups in total. The van der Waals surface area contributed by atoms with Crippen LogP contribution in [0.2, 0.25) is 0 Å². The Balaban J connectivity index is 1.38. The van der Waals surface area contributed by atoms with Gasteiger partial charge in [-0.15, -0.1) is 0 Å². The fourth-order valence-corrected chi connectivity index (χ4v) is 4.69. The molecule has 3 aliphatic rings. The third-order valence-corrected chi connectivity index (χ3v) is 6.31. The molecule has 0 aliphatic carbocycles. The average Bonchev–Trinajstić information content (AvgIpc) is 3.05. The van der Waals surface area contributed by atoms with Crippen molar-refractivity contribution in [3.8, 4) is 0 Å². The summed E-state index contributed by atoms with van der Waals surface area (Å²) in [4.78, 5) is 57.2. The lowest BCUT2D eigenvalue weighted by Gasteiger charge is -2.36. The number of hydrogen-bond acceptors (Lipinski definition) is 7. The van der Waals surface area contributed by atoms with E-state index >= 15 is 0 Å². The van der Waals surface area contributed by atoms with Crippen LogP contribution in [0, 0.1) is 0 Å². The van der Waals surface area contributed by atoms with E-state index in [0.717, 1.165) is 35.7 Å². The zero-order valence-corrected chi connectivity index (χ0v) is 17.4. The van der Waals surface area contributed by atoms with Gasteiger partial charge in [0.2, 0.25) is 11.8 Å². The number of imide groups is 2. The van der Waals surface area contributed by atoms with E-state index in [9.17, 15) is 19.2 Å². The quantitative estimate of drug-likeness (QED) is 0.680. The van der Waals surface area contributed by atoms with Crippen LogP contribution in [0.1, 0.15) is 50.7 Å². The normalized spacial score (nSPS) is 23.9. The third kappa shape index (κ3) is 3.59. The molecule has 0 bridgehead atoms. The van der Waals surface area contributed by atoms with Crippen molar-refractivity contribution in [2.24, 2.45) is 0 Å². The summed E-state index contributed by atoms with van der Waals surface area (Å²) in [5, 5.41) is 5.63. The first kappa shape index (κ1) is 20.5. The number of aromatic nitrogens is 1. The molecule has 0 saturated carbocycles. The predicted octanol–water partition coefficient (Wildman–Crippen LogP) is 0.629. The fourth-order valence-electron chi connectivity index (χ4n) is 4.69. The van der Waals surface area contributed by atoms with Crippen molar-refractivity contribution in [2.75, 3.05) is 19.6 Å². The van der Waals surface area contributed by atoms with Crippen molar-refractivity contribution in [1.82, 2.24) is 25.4 Å². The van der Waals surface area contributed by atoms with Crippen molar-refractivity contribution in [1.29, 1.82) is 0 Å². The van der Waals surface area contributed by atoms with Gasteiger partial charge in [-0.2, -0.15) is 0 Å². The summed E-state index contributed by atoms with van der Waals surface area (Å²) in [6, 6.07) is 8.46. The second-order valence-corrected chi connectivity index (χ2v) is 8.30. The Hall–Kier alpha value is -3.43. The van der Waals surface area contributed by atoms with Crippen molar-refractivity contribution >= 4 is 23.6 Å². The molecule has 4 amide bonds. The van der Waals surface area contributed by atoms with Crippen LogP contribution in [0.4, 0.5) is 0 Å². The Morgan fingerprint density at radius 2 is 1.88 bits per heavy atom. The molecule has 2 unspecified atom stereocenters. The molecule has 9 nitrogen and oxygen atoms in total. The van der Waals surface area contributed by atoms with E-state index in [1.54, 1.807) is 18.3 Å². The number of rotatable bonds is 4. The minimum absolute atomic E-state index is 0.105. The lowest BCUT2D eigenvalue weighted by molar-refractivity contribution is -0.136. The predicted molar refractivity (Wildman–Crippen MR) is 113 cm³/mol. The van der Waals surface area contributed by atoms with Crippen LogP contribution in [0.3, 0.4) is 0 Å². The highest BCUT2D eigenvalue weighted by atomic mass is 16.2. The summed E-state index contributed by atoms with van der Waals surface area (Å²) < 4.78 is 0. The molecule has 2 saturated heterocycles. The van der Waals surface area contributed by atoms with Crippen LogP contribution < -0.4 is 10.6 Å². The molecule has 1 aromatic carbocycles. The highest BCUT2D eigenvalue weighted by molar-refractivity contribution is 6.23. The van der Waals surface area contributed by atoms with Gasteiger partial charge in [-0.1, -0.05) is 12.1 Å². The highest BCUT2D eigenvalue weighted by Gasteiger charge is 2.44. The summed E-state index contributed by atoms with van der Waals surface area (Å²) in [7, 11) is 0. The molecule has 3 aliphatic heterocycles. The van der Waals surface area contributed by atoms with E-state index in [4.69, 9.17) is 0 Å². The number of nitrogens with zero attached hydrogens (tertiary/aromatic N) is 3. The Kier molecular flexibility index (Phi) is 5.28. The van der Waals surface area contributed by atoms with Gasteiger partial charge in [0.25, 0.3) is 11.8 Å². The van der Waals surface area contributed by atoms with Gasteiger partial charge >= 0.3 is 0 Å². The molecule has 164 valence electrons. The fraction of sp³-hybridized carbons (Fsp3) is 0.348. The molecule has 32 heavy (non-hydrogen) atoms. The first-order valence-electron chi connectivity index (χ1n) is 10.7. The number of piperidine rings is 1. The van der Waals surface area contributed by atoms with Gasteiger partial charge in [0.15, 0.2) is 0 Å². The lowest BCUT2D eigenvalue weighted by atomic mass is 10.0. The van der Waals surface area contributed by atoms with Crippen LogP contribution in [0.15, 0.2) is 42.7 Å². The Morgan fingerprint density at radius 1 is 1.03 bits per heavy atom. The van der Waals surface area contributed by atoms with Gasteiger partial charge in [0.05, 0.1) is 11.1 Å². The SMILES string of the molecule is O=C1CCC(N2C(=O)c3ccc(CN4CCNCC4c4cccnc4)cc3C2=O)C(=O)N1. The van der Waals surface area contributed by atoms with Crippen molar-refractivity contribution in [2.45, 2.75) is 31.5 Å². The topological polar surface area (TPSA) is 112 Å². The van der Waals surface area contributed by atoms with Gasteiger partial charge < -0.3 is 5.32 Å². The van der Waals surface area contributed by atoms with E-state index in [1.165, 1.54) is 0 Å². The zero-order valence-electron chi connectivity index (χ0n) is 17.4. The maximum Gasteiger partial charge on any atom is 0.262 e. The van der Waals surface area contributed by atoms with Gasteiger partial charge in [-0.25, -0.2) is 0 Å². The molecular formula is C23H23N5O4. The number of fused-ring (bicyclic) bond motifs is 1. The minimum Gasteiger partial charge on any atom is -0.314 e. The lowest BCUT2D eigenvalue weighted by Crippen LogP contribution is -2.54. The Morgan fingerprint density at radius 3 is 2.66 bits per heavy atom. The molecule has 2 fully saturated rings. The second kappa shape index (κ2) is 8.25. The molecule has 2 atom stereocenters. The standard InChI is InChI=1S/C23H23N5O4/c29-20-6-5-18(21(30)26-20)28-22(31)16-4-3-14(10-17(16)23(28)32)13-27-9-8-25-12-19(27)15-2-1-7-24-11-15/h1-4,7,10-11,18-19,25H,5-6,8-9,12-13H2,(H,26,29,30). The molecule has 1 aromatic heterocycles. The van der Waals surface area contributed by atoms with E-state index in [-0.39, 0.29) is 24.8 Å². The molecule has 4 heterocycles. The van der Waals surface area contributed by atoms with Crippen molar-refractivity contribution in [3.05, 3.63) is 65.0 Å². The third-order valence-electron chi connectivity index (χ3n) is 6.31. The van der Waals surface area contributed by atoms with Crippen molar-refractivity contribution in [3.63, 3.8) is 0 Å². The van der Waals surface area contributed by atoms with Crippen LogP contribution >= 0.6 is 0 Å². The number of amides is 4. The molecular weight excluding hydrogens is 410 g/mol. The molecule has 0 radical (unpaired) electrons. The van der Waals surface area contributed by atoms with Gasteiger partial charge in [0.1, 0.15) is 6.04 Å². The van der Waals surface area contributed by atoms with Crippen molar-refractivity contribution < 1.29 is 19.2 Å². The summed E-state index contributed by atoms with van der Waals surface area (Å²) in [5.74, 6) is -1.95. The van der Waals surface area contributed by atoms with Crippen LogP contribution in [-0.4, -0.2) is 64.1 Å². The summed E-state index contributed by atoms with van der Waals surface area (Å²) in [6.07, 6.45) is 3.87. The number of hydrogen-bond donors (Lipinski definition) is 2. The average molecular weight is 433 g/mol. The van der Waals surface area contributed by atoms with E-state index in [2.05, 4.69) is 26.6 Å². The van der Waals surface area contributed by atoms with Gasteiger partial charge in [-0.3, -0.25) is 39.3 Å². The number of carbonyl (C=O) groups excluding carboxylic acids is 4. The number of nitrogens with one attached hydrogen (secondary N) is 2. The number of piperazine rings is 1. The molecule has 0 spiro atoms. The number of pyridine rings is 1. The van der Waals surface area contributed by atoms with E-state index in [0.29, 0.717) is 17.7 Å². The first-order chi connectivity index (χ1) is 15.5. The van der Waals surface area contributed by atoms with Gasteiger partial charge in [-0.05, 0) is 35.7 Å². The van der Waals surface area contributed by atoms with E-state index in [1.807, 2.05) is 18.3 Å². The largest absolute Gasteiger partial charge is 0.314 e. The van der Waals surface area contributed by atoms with Crippen LogP contribution in [0.5, 0.6) is 0 Å². The summed E-state index contributed by atoms with van der Waals surface area (Å²) in [6.45, 7) is 3.13. The number of benzene rings is 1. The second-order valence-electron chi connectivity index (χ2n) is 8.30. The molecule has 9 heteroatoms. The zero-order chi connectivity index (χ0) is 22.2. The van der Waals surface area contributed by atoms with E-state index < -0.39 is 23.8 Å². The maximum absolute atomic E-state index is 13.1. The minimum atomic E-state index is -0.952. The maximum atomic E-state index is 13.1. The van der Waals surface area contributed by atoms with Crippen LogP contribution in [-0.2, 0) is 16.1 Å². The monoisotopic (exact) mass is 433 g/mol. The molecule has 2 aromatic rings. The highest BCUT2D eigenvalue weighted by Crippen LogP contribution is 2.30. The summed E-state index contributed by atoms with van der Waals surface area (Å²) in [5.41, 5.74) is 2.65. The Bertz CT molecular complexity index is 1100. The smallest absolute Gasteiger partial charge is 0.262 e. The molecule has 5 rings (SSSR count).